The second-order valence-corrected chi connectivity index (χ2v) is 7.33. The van der Waals surface area contributed by atoms with Crippen LogP contribution in [-0.2, 0) is 16.1 Å². The third-order valence-corrected chi connectivity index (χ3v) is 5.75. The van der Waals surface area contributed by atoms with Crippen LogP contribution < -0.4 is 9.54 Å². The molecule has 1 fully saturated rings. The Kier molecular flexibility index (Phi) is 6.26. The zero-order chi connectivity index (χ0) is 17.6. The summed E-state index contributed by atoms with van der Waals surface area (Å²) in [5, 5.41) is 0. The fourth-order valence-electron chi connectivity index (χ4n) is 3.39. The molecule has 5 nitrogen and oxygen atoms in total. The number of carbonyl (C=O) groups is 1. The average molecular weight is 362 g/mol. The Bertz CT molecular complexity index is 788. The van der Waals surface area contributed by atoms with Crippen LogP contribution in [0, 0.1) is 5.92 Å². The highest BCUT2D eigenvalue weighted by molar-refractivity contribution is 7.16. The first-order valence-corrected chi connectivity index (χ1v) is 9.89. The number of methoxy groups -OCH3 is 1. The van der Waals surface area contributed by atoms with Crippen LogP contribution in [0.25, 0.3) is 10.2 Å². The van der Waals surface area contributed by atoms with Crippen LogP contribution in [0.2, 0.25) is 0 Å². The summed E-state index contributed by atoms with van der Waals surface area (Å²) >= 11 is 1.54. The molecule has 0 aliphatic heterocycles. The summed E-state index contributed by atoms with van der Waals surface area (Å²) in [6.45, 7) is 3.90. The normalized spacial score (nSPS) is 16.5. The molecular formula is C19H26N2O3S. The van der Waals surface area contributed by atoms with Gasteiger partial charge in [-0.3, -0.25) is 4.79 Å². The molecule has 1 saturated carbocycles. The highest BCUT2D eigenvalue weighted by Gasteiger charge is 2.21. The number of rotatable bonds is 6. The fraction of sp³-hybridized carbons (Fsp3) is 0.579. The maximum absolute atomic E-state index is 12.6. The van der Waals surface area contributed by atoms with Gasteiger partial charge in [0.2, 0.25) is 0 Å². The van der Waals surface area contributed by atoms with Crippen molar-refractivity contribution < 1.29 is 14.3 Å². The Morgan fingerprint density at radius 1 is 1.32 bits per heavy atom. The molecule has 2 aromatic rings. The van der Waals surface area contributed by atoms with Crippen LogP contribution in [0.15, 0.2) is 23.2 Å². The van der Waals surface area contributed by atoms with Crippen LogP contribution in [0.3, 0.4) is 0 Å². The lowest BCUT2D eigenvalue weighted by Crippen LogP contribution is -2.23. The molecular weight excluding hydrogens is 336 g/mol. The Hall–Kier alpha value is -1.66. The summed E-state index contributed by atoms with van der Waals surface area (Å²) in [6, 6.07) is 5.96. The number of para-hydroxylation sites is 1. The minimum Gasteiger partial charge on any atom is -0.495 e. The summed E-state index contributed by atoms with van der Waals surface area (Å²) < 4.78 is 14.2. The Morgan fingerprint density at radius 3 is 2.84 bits per heavy atom. The van der Waals surface area contributed by atoms with Crippen molar-refractivity contribution in [2.45, 2.75) is 45.6 Å². The first kappa shape index (κ1) is 18.1. The van der Waals surface area contributed by atoms with E-state index in [9.17, 15) is 4.79 Å². The van der Waals surface area contributed by atoms with Gasteiger partial charge >= 0.3 is 0 Å². The van der Waals surface area contributed by atoms with Gasteiger partial charge < -0.3 is 14.0 Å². The maximum atomic E-state index is 12.6. The van der Waals surface area contributed by atoms with Crippen molar-refractivity contribution in [2.75, 3.05) is 20.3 Å². The quantitative estimate of drug-likeness (QED) is 0.735. The number of aromatic nitrogens is 1. The molecule has 1 amide bonds. The lowest BCUT2D eigenvalue weighted by molar-refractivity contribution is -0.122. The molecule has 136 valence electrons. The van der Waals surface area contributed by atoms with Crippen LogP contribution in [0.4, 0.5) is 0 Å². The van der Waals surface area contributed by atoms with Crippen molar-refractivity contribution >= 4 is 27.5 Å². The molecule has 0 bridgehead atoms. The summed E-state index contributed by atoms with van der Waals surface area (Å²) in [4.78, 5) is 17.9. The average Bonchev–Trinajstić information content (AvgIpc) is 3.00. The summed E-state index contributed by atoms with van der Waals surface area (Å²) in [5.41, 5.74) is 0.991. The lowest BCUT2D eigenvalue weighted by atomic mass is 9.89. The first-order chi connectivity index (χ1) is 12.2. The molecule has 25 heavy (non-hydrogen) atoms. The van der Waals surface area contributed by atoms with E-state index in [2.05, 4.69) is 9.56 Å². The van der Waals surface area contributed by atoms with E-state index < -0.39 is 0 Å². The highest BCUT2D eigenvalue weighted by atomic mass is 32.1. The number of fused-ring (bicyclic) bond motifs is 1. The largest absolute Gasteiger partial charge is 0.495 e. The molecule has 1 aliphatic carbocycles. The van der Waals surface area contributed by atoms with Gasteiger partial charge in [-0.25, -0.2) is 0 Å². The van der Waals surface area contributed by atoms with Crippen molar-refractivity contribution in [3.8, 4) is 5.75 Å². The fourth-order valence-corrected chi connectivity index (χ4v) is 4.47. The molecule has 0 N–H and O–H groups in total. The van der Waals surface area contributed by atoms with Crippen LogP contribution in [-0.4, -0.2) is 30.8 Å². The Morgan fingerprint density at radius 2 is 2.12 bits per heavy atom. The topological polar surface area (TPSA) is 52.8 Å². The smallest absolute Gasteiger partial charge is 0.251 e. The van der Waals surface area contributed by atoms with Gasteiger partial charge in [-0.1, -0.05) is 36.7 Å². The summed E-state index contributed by atoms with van der Waals surface area (Å²) in [5.74, 6) is 0.911. The van der Waals surface area contributed by atoms with Gasteiger partial charge in [0.05, 0.1) is 18.4 Å². The van der Waals surface area contributed by atoms with E-state index in [1.54, 1.807) is 18.4 Å². The van der Waals surface area contributed by atoms with Gasteiger partial charge in [-0.2, -0.15) is 4.99 Å². The monoisotopic (exact) mass is 362 g/mol. The van der Waals surface area contributed by atoms with Crippen molar-refractivity contribution in [2.24, 2.45) is 10.9 Å². The maximum Gasteiger partial charge on any atom is 0.251 e. The number of thiazole rings is 1. The van der Waals surface area contributed by atoms with E-state index in [1.165, 1.54) is 6.42 Å². The van der Waals surface area contributed by atoms with E-state index in [4.69, 9.17) is 9.47 Å². The minimum atomic E-state index is 0.0235. The first-order valence-electron chi connectivity index (χ1n) is 9.07. The number of benzene rings is 1. The number of hydrogen-bond acceptors (Lipinski definition) is 4. The molecule has 0 unspecified atom stereocenters. The Labute approximate surface area is 152 Å². The van der Waals surface area contributed by atoms with Crippen molar-refractivity contribution in [1.29, 1.82) is 0 Å². The van der Waals surface area contributed by atoms with Gasteiger partial charge in [0.15, 0.2) is 4.80 Å². The third-order valence-electron chi connectivity index (χ3n) is 4.71. The third kappa shape index (κ3) is 4.12. The minimum absolute atomic E-state index is 0.0235. The Balaban J connectivity index is 2.01. The molecule has 1 heterocycles. The highest BCUT2D eigenvalue weighted by Crippen LogP contribution is 2.28. The second-order valence-electron chi connectivity index (χ2n) is 6.33. The summed E-state index contributed by atoms with van der Waals surface area (Å²) in [6.07, 6.45) is 5.44. The molecule has 1 aromatic heterocycles. The van der Waals surface area contributed by atoms with Gasteiger partial charge in [0.25, 0.3) is 5.91 Å². The van der Waals surface area contributed by atoms with E-state index in [-0.39, 0.29) is 11.8 Å². The predicted octanol–water partition coefficient (Wildman–Crippen LogP) is 3.76. The number of hydrogen-bond donors (Lipinski definition) is 0. The molecule has 0 saturated heterocycles. The van der Waals surface area contributed by atoms with Crippen molar-refractivity contribution in [1.82, 2.24) is 4.57 Å². The molecule has 0 radical (unpaired) electrons. The van der Waals surface area contributed by atoms with Gasteiger partial charge in [-0.05, 0) is 31.9 Å². The second kappa shape index (κ2) is 8.63. The van der Waals surface area contributed by atoms with E-state index in [0.717, 1.165) is 46.5 Å². The SMILES string of the molecule is CCOCCn1c(=NC(=O)C2CCCCC2)sc2cccc(OC)c21. The molecule has 3 rings (SSSR count). The number of nitrogens with zero attached hydrogens (tertiary/aromatic N) is 2. The number of carbonyl (C=O) groups excluding carboxylic acids is 1. The van der Waals surface area contributed by atoms with Crippen molar-refractivity contribution in [3.05, 3.63) is 23.0 Å². The zero-order valence-corrected chi connectivity index (χ0v) is 15.8. The van der Waals surface area contributed by atoms with Crippen molar-refractivity contribution in [3.63, 3.8) is 0 Å². The van der Waals surface area contributed by atoms with E-state index in [0.29, 0.717) is 19.8 Å². The van der Waals surface area contributed by atoms with Gasteiger partial charge in [0.1, 0.15) is 11.3 Å². The van der Waals surface area contributed by atoms with E-state index in [1.807, 2.05) is 25.1 Å². The standard InChI is InChI=1S/C19H26N2O3S/c1-3-24-13-12-21-17-15(23-2)10-7-11-16(17)25-19(21)20-18(22)14-8-5-4-6-9-14/h7,10-11,14H,3-6,8-9,12-13H2,1-2H3. The van der Waals surface area contributed by atoms with Gasteiger partial charge in [-0.15, -0.1) is 0 Å². The van der Waals surface area contributed by atoms with Gasteiger partial charge in [0, 0.05) is 19.1 Å². The van der Waals surface area contributed by atoms with E-state index >= 15 is 0 Å². The number of ether oxygens (including phenoxy) is 2. The van der Waals surface area contributed by atoms with Crippen LogP contribution in [0.1, 0.15) is 39.0 Å². The lowest BCUT2D eigenvalue weighted by Gasteiger charge is -2.17. The van der Waals surface area contributed by atoms with Crippen LogP contribution in [0.5, 0.6) is 5.75 Å². The molecule has 0 spiro atoms. The molecule has 6 heteroatoms. The predicted molar refractivity (Wildman–Crippen MR) is 100 cm³/mol. The molecule has 1 aromatic carbocycles. The van der Waals surface area contributed by atoms with Crippen LogP contribution >= 0.6 is 11.3 Å². The number of amides is 1. The molecule has 1 aliphatic rings. The molecule has 0 atom stereocenters. The zero-order valence-electron chi connectivity index (χ0n) is 15.0. The summed E-state index contributed by atoms with van der Waals surface area (Å²) in [7, 11) is 1.67.